The lowest BCUT2D eigenvalue weighted by Gasteiger charge is -2.33. The Bertz CT molecular complexity index is 290. The van der Waals surface area contributed by atoms with Crippen molar-refractivity contribution in [1.82, 2.24) is 4.90 Å². The molecule has 0 aromatic heterocycles. The van der Waals surface area contributed by atoms with Crippen molar-refractivity contribution in [2.24, 2.45) is 17.8 Å². The van der Waals surface area contributed by atoms with Gasteiger partial charge in [0.2, 0.25) is 5.91 Å². The number of hydrogen-bond acceptors (Lipinski definition) is 2. The van der Waals surface area contributed by atoms with Gasteiger partial charge in [0.1, 0.15) is 0 Å². The van der Waals surface area contributed by atoms with Crippen molar-refractivity contribution in [3.8, 4) is 0 Å². The Balaban J connectivity index is 2.21. The molecule has 0 bridgehead atoms. The molecule has 0 aliphatic carbocycles. The topological polar surface area (TPSA) is 20.3 Å². The van der Waals surface area contributed by atoms with Crippen molar-refractivity contribution in [2.75, 3.05) is 5.75 Å². The maximum absolute atomic E-state index is 12.7. The molecule has 2 fully saturated rings. The van der Waals surface area contributed by atoms with Crippen LogP contribution in [0, 0.1) is 17.8 Å². The quantitative estimate of drug-likeness (QED) is 0.754. The summed E-state index contributed by atoms with van der Waals surface area (Å²) in [4.78, 5) is 14.9. The fourth-order valence-corrected chi connectivity index (χ4v) is 4.79. The monoisotopic (exact) mass is 255 g/mol. The first-order valence-electron chi connectivity index (χ1n) is 6.96. The Labute approximate surface area is 110 Å². The van der Waals surface area contributed by atoms with Crippen LogP contribution >= 0.6 is 11.8 Å². The second-order valence-electron chi connectivity index (χ2n) is 6.13. The zero-order valence-electron chi connectivity index (χ0n) is 11.5. The predicted octanol–water partition coefficient (Wildman–Crippen LogP) is 3.37. The molecule has 2 aliphatic rings. The van der Waals surface area contributed by atoms with E-state index in [2.05, 4.69) is 32.6 Å². The maximum Gasteiger partial charge on any atom is 0.227 e. The number of nitrogens with zero attached hydrogens (tertiary/aromatic N) is 1. The number of thioether (sulfide) groups is 1. The van der Waals surface area contributed by atoms with Gasteiger partial charge < -0.3 is 4.90 Å². The summed E-state index contributed by atoms with van der Waals surface area (Å²) in [6, 6.07) is 0.469. The summed E-state index contributed by atoms with van der Waals surface area (Å²) in [7, 11) is 0. The van der Waals surface area contributed by atoms with Crippen molar-refractivity contribution < 1.29 is 4.79 Å². The number of hydrogen-bond donors (Lipinski definition) is 0. The highest BCUT2D eigenvalue weighted by Crippen LogP contribution is 2.40. The zero-order chi connectivity index (χ0) is 12.6. The minimum absolute atomic E-state index is 0.264. The molecule has 2 nitrogen and oxygen atoms in total. The molecule has 3 heteroatoms. The van der Waals surface area contributed by atoms with Gasteiger partial charge in [-0.2, -0.15) is 0 Å². The molecular weight excluding hydrogens is 230 g/mol. The van der Waals surface area contributed by atoms with Crippen LogP contribution in [0.3, 0.4) is 0 Å². The van der Waals surface area contributed by atoms with Gasteiger partial charge in [-0.05, 0) is 31.1 Å². The minimum atomic E-state index is 0.264. The van der Waals surface area contributed by atoms with Gasteiger partial charge in [0.05, 0.1) is 5.37 Å². The average molecular weight is 255 g/mol. The minimum Gasteiger partial charge on any atom is -0.326 e. The molecule has 2 saturated heterocycles. The van der Waals surface area contributed by atoms with Crippen LogP contribution < -0.4 is 0 Å². The summed E-state index contributed by atoms with van der Waals surface area (Å²) in [5, 5.41) is 0.471. The lowest BCUT2D eigenvalue weighted by Crippen LogP contribution is -2.46. The van der Waals surface area contributed by atoms with Crippen LogP contribution in [0.25, 0.3) is 0 Å². The van der Waals surface area contributed by atoms with Gasteiger partial charge in [0, 0.05) is 17.7 Å². The number of carbonyl (C=O) groups excluding carboxylic acids is 1. The second kappa shape index (κ2) is 5.21. The Morgan fingerprint density at radius 3 is 2.47 bits per heavy atom. The van der Waals surface area contributed by atoms with Crippen LogP contribution in [0.2, 0.25) is 0 Å². The van der Waals surface area contributed by atoms with Crippen LogP contribution in [0.5, 0.6) is 0 Å². The Morgan fingerprint density at radius 1 is 1.18 bits per heavy atom. The molecule has 98 valence electrons. The van der Waals surface area contributed by atoms with Gasteiger partial charge in [-0.15, -0.1) is 11.8 Å². The first-order chi connectivity index (χ1) is 8.02. The lowest BCUT2D eigenvalue weighted by atomic mass is 9.90. The van der Waals surface area contributed by atoms with E-state index >= 15 is 0 Å². The van der Waals surface area contributed by atoms with Crippen molar-refractivity contribution in [3.63, 3.8) is 0 Å². The van der Waals surface area contributed by atoms with Gasteiger partial charge in [-0.1, -0.05) is 27.7 Å². The molecular formula is C14H25NOS. The summed E-state index contributed by atoms with van der Waals surface area (Å²) in [6.45, 7) is 8.87. The van der Waals surface area contributed by atoms with E-state index < -0.39 is 0 Å². The van der Waals surface area contributed by atoms with E-state index in [9.17, 15) is 4.79 Å². The Kier molecular flexibility index (Phi) is 4.06. The second-order valence-corrected chi connectivity index (χ2v) is 7.34. The lowest BCUT2D eigenvalue weighted by molar-refractivity contribution is -0.139. The average Bonchev–Trinajstić information content (AvgIpc) is 2.60. The summed E-state index contributed by atoms with van der Waals surface area (Å²) < 4.78 is 0. The molecule has 3 atom stereocenters. The molecule has 17 heavy (non-hydrogen) atoms. The van der Waals surface area contributed by atoms with Gasteiger partial charge in [-0.25, -0.2) is 0 Å². The standard InChI is InChI=1S/C14H25NOS/c1-9(2)11-6-5-7-13-15(14(11)16)12(8-17-13)10(3)4/h9-13H,5-8H2,1-4H3/t11-,12+,13-/m1/s1. The Hall–Kier alpha value is -0.180. The highest BCUT2D eigenvalue weighted by Gasteiger charge is 2.43. The molecule has 2 heterocycles. The normalized spacial score (nSPS) is 34.4. The molecule has 0 unspecified atom stereocenters. The number of fused-ring (bicyclic) bond motifs is 1. The summed E-state index contributed by atoms with van der Waals surface area (Å²) >= 11 is 2.00. The van der Waals surface area contributed by atoms with E-state index in [0.29, 0.717) is 29.2 Å². The van der Waals surface area contributed by atoms with Crippen molar-refractivity contribution >= 4 is 17.7 Å². The van der Waals surface area contributed by atoms with E-state index in [1.807, 2.05) is 11.8 Å². The first kappa shape index (κ1) is 13.3. The molecule has 0 aromatic rings. The molecule has 0 radical (unpaired) electrons. The van der Waals surface area contributed by atoms with E-state index in [4.69, 9.17) is 0 Å². The van der Waals surface area contributed by atoms with Gasteiger partial charge in [0.25, 0.3) is 0 Å². The highest BCUT2D eigenvalue weighted by molar-refractivity contribution is 8.00. The molecule has 0 aromatic carbocycles. The SMILES string of the molecule is CC(C)[C@H]1CCC[C@H]2SC[C@@H](C(C)C)N2C1=O. The third kappa shape index (κ3) is 2.49. The summed E-state index contributed by atoms with van der Waals surface area (Å²) in [5.41, 5.74) is 0. The van der Waals surface area contributed by atoms with Crippen LogP contribution in [-0.4, -0.2) is 28.0 Å². The van der Waals surface area contributed by atoms with Crippen molar-refractivity contribution in [1.29, 1.82) is 0 Å². The van der Waals surface area contributed by atoms with Crippen LogP contribution in [0.4, 0.5) is 0 Å². The Morgan fingerprint density at radius 2 is 1.88 bits per heavy atom. The molecule has 0 saturated carbocycles. The van der Waals surface area contributed by atoms with E-state index in [1.54, 1.807) is 0 Å². The number of carbonyl (C=O) groups is 1. The molecule has 0 N–H and O–H groups in total. The molecule has 2 rings (SSSR count). The van der Waals surface area contributed by atoms with Crippen molar-refractivity contribution in [2.45, 2.75) is 58.4 Å². The molecule has 0 spiro atoms. The molecule has 1 amide bonds. The smallest absolute Gasteiger partial charge is 0.227 e. The largest absolute Gasteiger partial charge is 0.326 e. The third-order valence-electron chi connectivity index (χ3n) is 4.24. The number of rotatable bonds is 2. The van der Waals surface area contributed by atoms with Crippen LogP contribution in [0.1, 0.15) is 47.0 Å². The van der Waals surface area contributed by atoms with Crippen LogP contribution in [0.15, 0.2) is 0 Å². The van der Waals surface area contributed by atoms with E-state index in [-0.39, 0.29) is 5.92 Å². The first-order valence-corrected chi connectivity index (χ1v) is 8.01. The molecule has 2 aliphatic heterocycles. The summed E-state index contributed by atoms with van der Waals surface area (Å²) in [6.07, 6.45) is 3.51. The van der Waals surface area contributed by atoms with Crippen molar-refractivity contribution in [3.05, 3.63) is 0 Å². The zero-order valence-corrected chi connectivity index (χ0v) is 12.3. The van der Waals surface area contributed by atoms with Crippen LogP contribution in [-0.2, 0) is 4.79 Å². The summed E-state index contributed by atoms with van der Waals surface area (Å²) in [5.74, 6) is 2.91. The van der Waals surface area contributed by atoms with E-state index in [1.165, 1.54) is 12.8 Å². The number of amides is 1. The fraction of sp³-hybridized carbons (Fsp3) is 0.929. The van der Waals surface area contributed by atoms with Gasteiger partial charge in [-0.3, -0.25) is 4.79 Å². The highest BCUT2D eigenvalue weighted by atomic mass is 32.2. The van der Waals surface area contributed by atoms with Gasteiger partial charge >= 0.3 is 0 Å². The fourth-order valence-electron chi connectivity index (χ4n) is 3.07. The maximum atomic E-state index is 12.7. The predicted molar refractivity (Wildman–Crippen MR) is 73.9 cm³/mol. The van der Waals surface area contributed by atoms with E-state index in [0.717, 1.165) is 12.2 Å². The third-order valence-corrected chi connectivity index (χ3v) is 5.62. The van der Waals surface area contributed by atoms with Gasteiger partial charge in [0.15, 0.2) is 0 Å².